The monoisotopic (exact) mass is 516 g/mol. The summed E-state index contributed by atoms with van der Waals surface area (Å²) < 4.78 is 16.5. The van der Waals surface area contributed by atoms with Crippen molar-refractivity contribution in [2.45, 2.75) is 77.9 Å². The summed E-state index contributed by atoms with van der Waals surface area (Å²) in [5.74, 6) is 0.133. The highest BCUT2D eigenvalue weighted by Gasteiger charge is 2.23. The fourth-order valence-electron chi connectivity index (χ4n) is 4.37. The lowest BCUT2D eigenvalue weighted by Gasteiger charge is -2.25. The normalized spacial score (nSPS) is 13.4. The molecule has 0 saturated heterocycles. The van der Waals surface area contributed by atoms with Crippen molar-refractivity contribution in [2.24, 2.45) is 5.92 Å². The number of methoxy groups -OCH3 is 1. The lowest BCUT2D eigenvalue weighted by molar-refractivity contribution is -0.153. The van der Waals surface area contributed by atoms with Crippen LogP contribution in [0, 0.1) is 5.92 Å². The highest BCUT2D eigenvalue weighted by atomic mass is 16.6. The number of phenols is 1. The molecule has 0 aliphatic rings. The van der Waals surface area contributed by atoms with Crippen LogP contribution < -0.4 is 10.5 Å². The summed E-state index contributed by atoms with van der Waals surface area (Å²) in [5.41, 5.74) is 8.28. The van der Waals surface area contributed by atoms with E-state index in [-0.39, 0.29) is 18.3 Å². The maximum atomic E-state index is 11.8. The summed E-state index contributed by atoms with van der Waals surface area (Å²) in [6.07, 6.45) is 4.66. The number of pyridine rings is 1. The standard InChI is InChI=1S/C28H40N2O7/c1-5-20(17-31)6-8-24(36-18(2)32)16-25(37-19(3)33)9-7-21-12-23(28(34)26(14-21)35-4)13-22-10-11-30-27(29)15-22/h10-12,14-15,20,24-25,31,34H,5-9,13,16-17H2,1-4H3,(H2,29,30). The SMILES string of the molecule is CCC(CO)CCC(CC(CCc1cc(Cc2ccnc(N)c2)c(O)c(OC)c1)OC(C)=O)OC(C)=O. The van der Waals surface area contributed by atoms with Gasteiger partial charge in [-0.2, -0.15) is 0 Å². The third kappa shape index (κ3) is 10.3. The average molecular weight is 517 g/mol. The Labute approximate surface area is 219 Å². The molecule has 0 radical (unpaired) electrons. The first-order valence-electron chi connectivity index (χ1n) is 12.7. The number of aliphatic hydroxyl groups excluding tert-OH is 1. The molecule has 0 bridgehead atoms. The summed E-state index contributed by atoms with van der Waals surface area (Å²) in [5, 5.41) is 20.2. The molecule has 204 valence electrons. The molecule has 1 heterocycles. The molecule has 1 aromatic carbocycles. The van der Waals surface area contributed by atoms with Gasteiger partial charge in [0.25, 0.3) is 0 Å². The van der Waals surface area contributed by atoms with E-state index in [0.717, 1.165) is 17.5 Å². The second kappa shape index (κ2) is 15.0. The van der Waals surface area contributed by atoms with Gasteiger partial charge < -0.3 is 30.2 Å². The zero-order valence-corrected chi connectivity index (χ0v) is 22.2. The number of benzene rings is 1. The number of hydrogen-bond donors (Lipinski definition) is 3. The van der Waals surface area contributed by atoms with Crippen molar-refractivity contribution in [2.75, 3.05) is 19.5 Å². The molecular formula is C28H40N2O7. The number of carbonyl (C=O) groups excluding carboxylic acids is 2. The van der Waals surface area contributed by atoms with Crippen LogP contribution in [0.15, 0.2) is 30.5 Å². The predicted molar refractivity (Wildman–Crippen MR) is 140 cm³/mol. The van der Waals surface area contributed by atoms with Crippen molar-refractivity contribution in [1.29, 1.82) is 0 Å². The van der Waals surface area contributed by atoms with E-state index < -0.39 is 24.1 Å². The number of rotatable bonds is 15. The lowest BCUT2D eigenvalue weighted by atomic mass is 9.94. The molecule has 9 heteroatoms. The molecule has 4 N–H and O–H groups in total. The second-order valence-corrected chi connectivity index (χ2v) is 9.34. The second-order valence-electron chi connectivity index (χ2n) is 9.34. The van der Waals surface area contributed by atoms with Crippen LogP contribution in [0.5, 0.6) is 11.5 Å². The Balaban J connectivity index is 2.18. The number of aromatic nitrogens is 1. The number of carbonyl (C=O) groups is 2. The highest BCUT2D eigenvalue weighted by molar-refractivity contribution is 5.66. The maximum Gasteiger partial charge on any atom is 0.302 e. The molecule has 2 rings (SSSR count). The fourth-order valence-corrected chi connectivity index (χ4v) is 4.37. The topological polar surface area (TPSA) is 141 Å². The summed E-state index contributed by atoms with van der Waals surface area (Å²) in [4.78, 5) is 27.5. The van der Waals surface area contributed by atoms with Crippen molar-refractivity contribution < 1.29 is 34.0 Å². The molecular weight excluding hydrogens is 476 g/mol. The van der Waals surface area contributed by atoms with Gasteiger partial charge in [0.15, 0.2) is 11.5 Å². The van der Waals surface area contributed by atoms with Gasteiger partial charge in [-0.05, 0) is 60.9 Å². The molecule has 2 aromatic rings. The number of phenolic OH excluding ortho intramolecular Hbond substituents is 1. The first kappa shape index (κ1) is 29.9. The van der Waals surface area contributed by atoms with Gasteiger partial charge in [0.05, 0.1) is 7.11 Å². The van der Waals surface area contributed by atoms with Gasteiger partial charge in [-0.3, -0.25) is 9.59 Å². The van der Waals surface area contributed by atoms with E-state index in [1.807, 2.05) is 19.1 Å². The van der Waals surface area contributed by atoms with Gasteiger partial charge in [0, 0.05) is 45.1 Å². The van der Waals surface area contributed by atoms with Crippen molar-refractivity contribution in [3.8, 4) is 11.5 Å². The van der Waals surface area contributed by atoms with Gasteiger partial charge in [-0.15, -0.1) is 0 Å². The van der Waals surface area contributed by atoms with Gasteiger partial charge in [-0.25, -0.2) is 4.98 Å². The van der Waals surface area contributed by atoms with E-state index >= 15 is 0 Å². The molecule has 0 saturated carbocycles. The first-order chi connectivity index (χ1) is 17.6. The maximum absolute atomic E-state index is 11.8. The Bertz CT molecular complexity index is 1020. The van der Waals surface area contributed by atoms with Crippen molar-refractivity contribution in [1.82, 2.24) is 4.98 Å². The molecule has 0 amide bonds. The Kier molecular flexibility index (Phi) is 12.2. The predicted octanol–water partition coefficient (Wildman–Crippen LogP) is 3.95. The molecule has 0 spiro atoms. The zero-order valence-electron chi connectivity index (χ0n) is 22.2. The number of anilines is 1. The third-order valence-corrected chi connectivity index (χ3v) is 6.35. The van der Waals surface area contributed by atoms with E-state index in [9.17, 15) is 19.8 Å². The van der Waals surface area contributed by atoms with Gasteiger partial charge >= 0.3 is 11.9 Å². The van der Waals surface area contributed by atoms with Gasteiger partial charge in [0.2, 0.25) is 0 Å². The summed E-state index contributed by atoms with van der Waals surface area (Å²) in [6, 6.07) is 7.25. The molecule has 0 fully saturated rings. The molecule has 3 unspecified atom stereocenters. The van der Waals surface area contributed by atoms with Crippen LogP contribution in [0.4, 0.5) is 5.82 Å². The fraction of sp³-hybridized carbons (Fsp3) is 0.536. The number of aliphatic hydroxyl groups is 1. The number of esters is 2. The lowest BCUT2D eigenvalue weighted by Crippen LogP contribution is -2.27. The number of nitrogens with zero attached hydrogens (tertiary/aromatic N) is 1. The van der Waals surface area contributed by atoms with Gasteiger partial charge in [-0.1, -0.05) is 19.4 Å². The Morgan fingerprint density at radius 3 is 2.27 bits per heavy atom. The Morgan fingerprint density at radius 2 is 1.70 bits per heavy atom. The molecule has 1 aromatic heterocycles. The van der Waals surface area contributed by atoms with Crippen molar-refractivity contribution >= 4 is 17.8 Å². The van der Waals surface area contributed by atoms with Crippen LogP contribution in [0.1, 0.15) is 69.6 Å². The number of aryl methyl sites for hydroxylation is 1. The molecule has 37 heavy (non-hydrogen) atoms. The van der Waals surface area contributed by atoms with E-state index in [2.05, 4.69) is 4.98 Å². The van der Waals surface area contributed by atoms with Gasteiger partial charge in [0.1, 0.15) is 18.0 Å². The van der Waals surface area contributed by atoms with Crippen LogP contribution in [0.25, 0.3) is 0 Å². The summed E-state index contributed by atoms with van der Waals surface area (Å²) in [7, 11) is 1.49. The van der Waals surface area contributed by atoms with Crippen LogP contribution in [0.2, 0.25) is 0 Å². The molecule has 0 aliphatic carbocycles. The molecule has 9 nitrogen and oxygen atoms in total. The number of nitrogen functional groups attached to an aromatic ring is 1. The average Bonchev–Trinajstić information content (AvgIpc) is 2.84. The number of ether oxygens (including phenoxy) is 3. The minimum absolute atomic E-state index is 0.0578. The summed E-state index contributed by atoms with van der Waals surface area (Å²) in [6.45, 7) is 4.80. The van der Waals surface area contributed by atoms with Crippen LogP contribution >= 0.6 is 0 Å². The number of nitrogens with two attached hydrogens (primary N) is 1. The highest BCUT2D eigenvalue weighted by Crippen LogP contribution is 2.34. The van der Waals surface area contributed by atoms with E-state index in [0.29, 0.717) is 55.7 Å². The van der Waals surface area contributed by atoms with E-state index in [1.165, 1.54) is 21.0 Å². The third-order valence-electron chi connectivity index (χ3n) is 6.35. The molecule has 0 aliphatic heterocycles. The van der Waals surface area contributed by atoms with Crippen LogP contribution in [-0.4, -0.2) is 53.1 Å². The van der Waals surface area contributed by atoms with E-state index in [4.69, 9.17) is 19.9 Å². The number of aromatic hydroxyl groups is 1. The van der Waals surface area contributed by atoms with Crippen molar-refractivity contribution in [3.05, 3.63) is 47.2 Å². The molecule has 3 atom stereocenters. The first-order valence-corrected chi connectivity index (χ1v) is 12.7. The number of hydrogen-bond acceptors (Lipinski definition) is 9. The smallest absolute Gasteiger partial charge is 0.302 e. The largest absolute Gasteiger partial charge is 0.504 e. The van der Waals surface area contributed by atoms with Crippen molar-refractivity contribution in [3.63, 3.8) is 0 Å². The quantitative estimate of drug-likeness (QED) is 0.300. The minimum atomic E-state index is -0.473. The van der Waals surface area contributed by atoms with Crippen LogP contribution in [-0.2, 0) is 31.9 Å². The Hall–Kier alpha value is -3.33. The summed E-state index contributed by atoms with van der Waals surface area (Å²) >= 11 is 0. The zero-order chi connectivity index (χ0) is 27.4. The van der Waals surface area contributed by atoms with Crippen LogP contribution in [0.3, 0.4) is 0 Å². The van der Waals surface area contributed by atoms with E-state index in [1.54, 1.807) is 18.3 Å². The minimum Gasteiger partial charge on any atom is -0.504 e. The Morgan fingerprint density at radius 1 is 1.03 bits per heavy atom.